The average Bonchev–Trinajstić information content (AvgIpc) is 2.89. The van der Waals surface area contributed by atoms with E-state index in [4.69, 9.17) is 0 Å². The molecular formula is C17H20N2OS. The molecule has 1 unspecified atom stereocenters. The zero-order chi connectivity index (χ0) is 14.8. The minimum atomic E-state index is 0.0877. The summed E-state index contributed by atoms with van der Waals surface area (Å²) in [7, 11) is 0. The first kappa shape index (κ1) is 14.3. The number of aromatic nitrogens is 1. The summed E-state index contributed by atoms with van der Waals surface area (Å²) in [5.41, 5.74) is 1.70. The number of hydrogen-bond donors (Lipinski definition) is 0. The van der Waals surface area contributed by atoms with Crippen LogP contribution in [0.5, 0.6) is 0 Å². The van der Waals surface area contributed by atoms with Crippen LogP contribution in [-0.2, 0) is 0 Å². The molecule has 0 bridgehead atoms. The number of thiazole rings is 1. The van der Waals surface area contributed by atoms with Crippen molar-refractivity contribution in [2.45, 2.75) is 26.7 Å². The standard InChI is InChI=1S/C17H20N2OS/c1-12-7-6-10-19(11-12)17(20)15-16(21-13(2)18-15)14-8-4-3-5-9-14/h3-5,8-9,12H,6-7,10-11H2,1-2H3. The average molecular weight is 300 g/mol. The summed E-state index contributed by atoms with van der Waals surface area (Å²) in [4.78, 5) is 20.3. The molecule has 21 heavy (non-hydrogen) atoms. The number of piperidine rings is 1. The first-order valence-electron chi connectivity index (χ1n) is 7.47. The third kappa shape index (κ3) is 3.00. The highest BCUT2D eigenvalue weighted by Gasteiger charge is 2.26. The Bertz CT molecular complexity index is 635. The summed E-state index contributed by atoms with van der Waals surface area (Å²) >= 11 is 1.60. The van der Waals surface area contributed by atoms with Crippen LogP contribution in [0.3, 0.4) is 0 Å². The van der Waals surface area contributed by atoms with Crippen molar-refractivity contribution in [1.82, 2.24) is 9.88 Å². The summed E-state index contributed by atoms with van der Waals surface area (Å²) < 4.78 is 0. The van der Waals surface area contributed by atoms with Gasteiger partial charge in [0.2, 0.25) is 0 Å². The number of carbonyl (C=O) groups is 1. The molecule has 1 aromatic carbocycles. The van der Waals surface area contributed by atoms with E-state index < -0.39 is 0 Å². The first-order valence-corrected chi connectivity index (χ1v) is 8.29. The van der Waals surface area contributed by atoms with Gasteiger partial charge in [-0.2, -0.15) is 0 Å². The Balaban J connectivity index is 1.93. The second-order valence-corrected chi connectivity index (χ2v) is 6.98. The fourth-order valence-corrected chi connectivity index (χ4v) is 3.80. The quantitative estimate of drug-likeness (QED) is 0.840. The number of nitrogens with zero attached hydrogens (tertiary/aromatic N) is 2. The van der Waals surface area contributed by atoms with Crippen LogP contribution < -0.4 is 0 Å². The maximum absolute atomic E-state index is 12.8. The Hall–Kier alpha value is -1.68. The van der Waals surface area contributed by atoms with Crippen molar-refractivity contribution in [2.75, 3.05) is 13.1 Å². The van der Waals surface area contributed by atoms with Gasteiger partial charge in [0.05, 0.1) is 9.88 Å². The molecular weight excluding hydrogens is 280 g/mol. The Morgan fingerprint density at radius 2 is 2.10 bits per heavy atom. The number of benzene rings is 1. The predicted molar refractivity (Wildman–Crippen MR) is 86.6 cm³/mol. The Labute approximate surface area is 129 Å². The number of carbonyl (C=O) groups excluding carboxylic acids is 1. The maximum Gasteiger partial charge on any atom is 0.273 e. The van der Waals surface area contributed by atoms with Crippen molar-refractivity contribution < 1.29 is 4.79 Å². The van der Waals surface area contributed by atoms with Crippen molar-refractivity contribution in [3.63, 3.8) is 0 Å². The monoisotopic (exact) mass is 300 g/mol. The summed E-state index contributed by atoms with van der Waals surface area (Å²) in [6, 6.07) is 10.1. The molecule has 1 aliphatic heterocycles. The van der Waals surface area contributed by atoms with Crippen molar-refractivity contribution >= 4 is 17.2 Å². The van der Waals surface area contributed by atoms with Crippen LogP contribution >= 0.6 is 11.3 Å². The van der Waals surface area contributed by atoms with Gasteiger partial charge >= 0.3 is 0 Å². The van der Waals surface area contributed by atoms with Crippen LogP contribution in [0, 0.1) is 12.8 Å². The molecule has 110 valence electrons. The second kappa shape index (κ2) is 5.98. The van der Waals surface area contributed by atoms with Crippen LogP contribution in [0.4, 0.5) is 0 Å². The summed E-state index contributed by atoms with van der Waals surface area (Å²) in [5.74, 6) is 0.673. The normalized spacial score (nSPS) is 18.8. The van der Waals surface area contributed by atoms with Gasteiger partial charge in [0, 0.05) is 13.1 Å². The van der Waals surface area contributed by atoms with Crippen molar-refractivity contribution in [3.05, 3.63) is 41.0 Å². The molecule has 1 atom stereocenters. The first-order chi connectivity index (χ1) is 10.1. The van der Waals surface area contributed by atoms with Gasteiger partial charge in [0.1, 0.15) is 5.69 Å². The topological polar surface area (TPSA) is 33.2 Å². The van der Waals surface area contributed by atoms with Gasteiger partial charge < -0.3 is 4.90 Å². The van der Waals surface area contributed by atoms with Crippen LogP contribution in [0.1, 0.15) is 35.3 Å². The molecule has 1 fully saturated rings. The van der Waals surface area contributed by atoms with E-state index in [1.165, 1.54) is 6.42 Å². The minimum Gasteiger partial charge on any atom is -0.337 e. The second-order valence-electron chi connectivity index (χ2n) is 5.78. The Morgan fingerprint density at radius 1 is 1.33 bits per heavy atom. The third-order valence-electron chi connectivity index (χ3n) is 3.92. The van der Waals surface area contributed by atoms with Gasteiger partial charge in [0.15, 0.2) is 0 Å². The molecule has 1 aromatic heterocycles. The highest BCUT2D eigenvalue weighted by atomic mass is 32.1. The van der Waals surface area contributed by atoms with Crippen LogP contribution in [0.25, 0.3) is 10.4 Å². The molecule has 0 radical (unpaired) electrons. The Morgan fingerprint density at radius 3 is 2.81 bits per heavy atom. The lowest BCUT2D eigenvalue weighted by molar-refractivity contribution is 0.0678. The van der Waals surface area contributed by atoms with E-state index in [1.54, 1.807) is 11.3 Å². The summed E-state index contributed by atoms with van der Waals surface area (Å²) in [5, 5.41) is 0.947. The van der Waals surface area contributed by atoms with E-state index in [0.29, 0.717) is 11.6 Å². The lowest BCUT2D eigenvalue weighted by Crippen LogP contribution is -2.39. The van der Waals surface area contributed by atoms with E-state index in [2.05, 4.69) is 11.9 Å². The van der Waals surface area contributed by atoms with Gasteiger partial charge in [-0.15, -0.1) is 11.3 Å². The molecule has 1 saturated heterocycles. The van der Waals surface area contributed by atoms with Gasteiger partial charge in [-0.3, -0.25) is 4.79 Å². The molecule has 2 heterocycles. The largest absolute Gasteiger partial charge is 0.337 e. The molecule has 1 aliphatic rings. The smallest absolute Gasteiger partial charge is 0.273 e. The van der Waals surface area contributed by atoms with Gasteiger partial charge in [-0.05, 0) is 31.2 Å². The molecule has 2 aromatic rings. The predicted octanol–water partition coefficient (Wildman–Crippen LogP) is 3.99. The number of likely N-dealkylation sites (tertiary alicyclic amines) is 1. The SMILES string of the molecule is Cc1nc(C(=O)N2CCCC(C)C2)c(-c2ccccc2)s1. The van der Waals surface area contributed by atoms with Crippen molar-refractivity contribution in [1.29, 1.82) is 0 Å². The molecule has 4 heteroatoms. The number of rotatable bonds is 2. The number of amides is 1. The van der Waals surface area contributed by atoms with Gasteiger partial charge in [-0.1, -0.05) is 37.3 Å². The number of hydrogen-bond acceptors (Lipinski definition) is 3. The third-order valence-corrected chi connectivity index (χ3v) is 4.94. The summed E-state index contributed by atoms with van der Waals surface area (Å²) in [6.07, 6.45) is 2.31. The van der Waals surface area contributed by atoms with Gasteiger partial charge in [0.25, 0.3) is 5.91 Å². The molecule has 0 spiro atoms. The van der Waals surface area contributed by atoms with E-state index in [1.807, 2.05) is 42.2 Å². The van der Waals surface area contributed by atoms with Crippen LogP contribution in [-0.4, -0.2) is 28.9 Å². The molecule has 1 amide bonds. The maximum atomic E-state index is 12.8. The van der Waals surface area contributed by atoms with Crippen LogP contribution in [0.2, 0.25) is 0 Å². The highest BCUT2D eigenvalue weighted by Crippen LogP contribution is 2.31. The highest BCUT2D eigenvalue weighted by molar-refractivity contribution is 7.15. The molecule has 0 saturated carbocycles. The van der Waals surface area contributed by atoms with Crippen LogP contribution in [0.15, 0.2) is 30.3 Å². The minimum absolute atomic E-state index is 0.0877. The van der Waals surface area contributed by atoms with Crippen molar-refractivity contribution in [3.8, 4) is 10.4 Å². The molecule has 0 N–H and O–H groups in total. The zero-order valence-corrected chi connectivity index (χ0v) is 13.3. The van der Waals surface area contributed by atoms with E-state index in [0.717, 1.165) is 35.0 Å². The zero-order valence-electron chi connectivity index (χ0n) is 12.5. The molecule has 3 nitrogen and oxygen atoms in total. The lowest BCUT2D eigenvalue weighted by Gasteiger charge is -2.30. The summed E-state index contributed by atoms with van der Waals surface area (Å²) in [6.45, 7) is 5.88. The lowest BCUT2D eigenvalue weighted by atomic mass is 10.00. The number of aryl methyl sites for hydroxylation is 1. The van der Waals surface area contributed by atoms with E-state index >= 15 is 0 Å². The van der Waals surface area contributed by atoms with E-state index in [9.17, 15) is 4.79 Å². The molecule has 3 rings (SSSR count). The Kier molecular flexibility index (Phi) is 4.06. The van der Waals surface area contributed by atoms with Gasteiger partial charge in [-0.25, -0.2) is 4.98 Å². The van der Waals surface area contributed by atoms with E-state index in [-0.39, 0.29) is 5.91 Å². The fourth-order valence-electron chi connectivity index (χ4n) is 2.88. The molecule has 0 aliphatic carbocycles. The van der Waals surface area contributed by atoms with Crippen molar-refractivity contribution in [2.24, 2.45) is 5.92 Å². The fraction of sp³-hybridized carbons (Fsp3) is 0.412.